The van der Waals surface area contributed by atoms with Crippen LogP contribution < -0.4 is 5.73 Å². The number of amidine groups is 1. The van der Waals surface area contributed by atoms with Gasteiger partial charge in [0.1, 0.15) is 10.9 Å². The molecule has 2 rings (SSSR count). The number of nitrogens with zero attached hydrogens (tertiary/aromatic N) is 1. The molecule has 0 aliphatic rings. The van der Waals surface area contributed by atoms with Crippen LogP contribution in [0.3, 0.4) is 0 Å². The van der Waals surface area contributed by atoms with Crippen LogP contribution >= 0.6 is 39.3 Å². The number of aromatic nitrogens is 1. The summed E-state index contributed by atoms with van der Waals surface area (Å²) in [7, 11) is 0. The van der Waals surface area contributed by atoms with Gasteiger partial charge in [0.05, 0.1) is 14.4 Å². The standard InChI is InChI=1S/C12H8BrClFN3S/c13-9-6(11(16)17)3-4-8(10(9)15)19-12-7(14)2-1-5-18-12/h1-5H,(H3,16,17). The van der Waals surface area contributed by atoms with E-state index in [0.717, 1.165) is 11.8 Å². The summed E-state index contributed by atoms with van der Waals surface area (Å²) in [5, 5.41) is 8.32. The number of nitrogens with one attached hydrogen (secondary N) is 1. The van der Waals surface area contributed by atoms with Crippen molar-refractivity contribution >= 4 is 45.1 Å². The molecule has 7 heteroatoms. The summed E-state index contributed by atoms with van der Waals surface area (Å²) in [5.41, 5.74) is 5.67. The van der Waals surface area contributed by atoms with Crippen LogP contribution in [0.5, 0.6) is 0 Å². The molecule has 0 atom stereocenters. The van der Waals surface area contributed by atoms with Gasteiger partial charge in [0.2, 0.25) is 0 Å². The molecule has 0 spiro atoms. The normalized spacial score (nSPS) is 10.5. The van der Waals surface area contributed by atoms with Gasteiger partial charge in [-0.25, -0.2) is 9.37 Å². The average molecular weight is 361 g/mol. The molecule has 0 saturated heterocycles. The largest absolute Gasteiger partial charge is 0.384 e. The van der Waals surface area contributed by atoms with Crippen molar-refractivity contribution in [1.82, 2.24) is 4.98 Å². The number of benzene rings is 1. The molecule has 1 heterocycles. The zero-order chi connectivity index (χ0) is 14.0. The molecule has 0 aliphatic heterocycles. The highest BCUT2D eigenvalue weighted by Gasteiger charge is 2.15. The summed E-state index contributed by atoms with van der Waals surface area (Å²) in [6.45, 7) is 0. The molecule has 0 unspecified atom stereocenters. The molecular formula is C12H8BrClFN3S. The molecule has 0 radical (unpaired) electrons. The zero-order valence-corrected chi connectivity index (χ0v) is 12.6. The molecule has 0 amide bonds. The lowest BCUT2D eigenvalue weighted by Gasteiger charge is -2.08. The van der Waals surface area contributed by atoms with E-state index in [-0.39, 0.29) is 10.3 Å². The first-order valence-electron chi connectivity index (χ1n) is 5.11. The number of hydrogen-bond donors (Lipinski definition) is 2. The Hall–Kier alpha value is -1.11. The SMILES string of the molecule is N=C(N)c1ccc(Sc2ncccc2Cl)c(F)c1Br. The van der Waals surface area contributed by atoms with E-state index >= 15 is 0 Å². The third kappa shape index (κ3) is 3.08. The molecule has 0 fully saturated rings. The lowest BCUT2D eigenvalue weighted by atomic mass is 10.2. The van der Waals surface area contributed by atoms with Crippen molar-refractivity contribution in [3.05, 3.63) is 51.3 Å². The Labute approximate surface area is 127 Å². The lowest BCUT2D eigenvalue weighted by molar-refractivity contribution is 0.594. The van der Waals surface area contributed by atoms with E-state index in [2.05, 4.69) is 20.9 Å². The predicted molar refractivity (Wildman–Crippen MR) is 78.5 cm³/mol. The van der Waals surface area contributed by atoms with Crippen LogP contribution in [0.15, 0.2) is 44.9 Å². The van der Waals surface area contributed by atoms with E-state index < -0.39 is 5.82 Å². The molecule has 1 aromatic heterocycles. The fraction of sp³-hybridized carbons (Fsp3) is 0. The maximum absolute atomic E-state index is 14.1. The molecule has 98 valence electrons. The van der Waals surface area contributed by atoms with Crippen LogP contribution in [0.25, 0.3) is 0 Å². The number of nitrogens with two attached hydrogens (primary N) is 1. The number of rotatable bonds is 3. The minimum Gasteiger partial charge on any atom is -0.384 e. The lowest BCUT2D eigenvalue weighted by Crippen LogP contribution is -2.12. The molecule has 0 bridgehead atoms. The molecule has 3 nitrogen and oxygen atoms in total. The van der Waals surface area contributed by atoms with Crippen LogP contribution in [0.1, 0.15) is 5.56 Å². The highest BCUT2D eigenvalue weighted by Crippen LogP contribution is 2.36. The molecule has 2 aromatic rings. The van der Waals surface area contributed by atoms with E-state index in [0.29, 0.717) is 20.5 Å². The van der Waals surface area contributed by atoms with Gasteiger partial charge in [-0.05, 0) is 40.2 Å². The van der Waals surface area contributed by atoms with Gasteiger partial charge in [-0.15, -0.1) is 0 Å². The van der Waals surface area contributed by atoms with Gasteiger partial charge in [-0.1, -0.05) is 23.4 Å². The van der Waals surface area contributed by atoms with Crippen molar-refractivity contribution in [2.24, 2.45) is 5.73 Å². The third-order valence-corrected chi connectivity index (χ3v) is 4.51. The van der Waals surface area contributed by atoms with Gasteiger partial charge in [0.15, 0.2) is 5.82 Å². The third-order valence-electron chi connectivity index (χ3n) is 2.27. The van der Waals surface area contributed by atoms with Crippen LogP contribution in [-0.2, 0) is 0 Å². The molecule has 0 saturated carbocycles. The van der Waals surface area contributed by atoms with Crippen LogP contribution in [0, 0.1) is 11.2 Å². The highest BCUT2D eigenvalue weighted by molar-refractivity contribution is 9.10. The molecule has 3 N–H and O–H groups in total. The van der Waals surface area contributed by atoms with Gasteiger partial charge in [0, 0.05) is 11.8 Å². The van der Waals surface area contributed by atoms with E-state index in [4.69, 9.17) is 22.7 Å². The Balaban J connectivity index is 2.40. The van der Waals surface area contributed by atoms with Crippen molar-refractivity contribution in [2.75, 3.05) is 0 Å². The maximum atomic E-state index is 14.1. The number of halogens is 3. The molecule has 19 heavy (non-hydrogen) atoms. The Morgan fingerprint density at radius 1 is 1.42 bits per heavy atom. The van der Waals surface area contributed by atoms with Gasteiger partial charge < -0.3 is 5.73 Å². The maximum Gasteiger partial charge on any atom is 0.152 e. The van der Waals surface area contributed by atoms with E-state index in [9.17, 15) is 4.39 Å². The quantitative estimate of drug-likeness (QED) is 0.640. The number of nitrogen functional groups attached to an aromatic ring is 1. The van der Waals surface area contributed by atoms with E-state index in [1.807, 2.05) is 0 Å². The summed E-state index contributed by atoms with van der Waals surface area (Å²) in [6.07, 6.45) is 1.59. The van der Waals surface area contributed by atoms with Crippen LogP contribution in [0.4, 0.5) is 4.39 Å². The van der Waals surface area contributed by atoms with Crippen molar-refractivity contribution in [2.45, 2.75) is 9.92 Å². The minimum absolute atomic E-state index is 0.164. The smallest absolute Gasteiger partial charge is 0.152 e. The molecule has 1 aromatic carbocycles. The van der Waals surface area contributed by atoms with Gasteiger partial charge in [-0.3, -0.25) is 5.41 Å². The van der Waals surface area contributed by atoms with E-state index in [1.54, 1.807) is 30.5 Å². The van der Waals surface area contributed by atoms with Crippen molar-refractivity contribution in [3.8, 4) is 0 Å². The first kappa shape index (κ1) is 14.3. The topological polar surface area (TPSA) is 62.8 Å². The summed E-state index contributed by atoms with van der Waals surface area (Å²) < 4.78 is 14.3. The number of pyridine rings is 1. The molecular weight excluding hydrogens is 353 g/mol. The Bertz CT molecular complexity index is 651. The summed E-state index contributed by atoms with van der Waals surface area (Å²) >= 11 is 10.2. The second-order valence-corrected chi connectivity index (χ2v) is 5.78. The Morgan fingerprint density at radius 3 is 2.79 bits per heavy atom. The Kier molecular flexibility index (Phi) is 4.44. The second kappa shape index (κ2) is 5.90. The second-order valence-electron chi connectivity index (χ2n) is 3.55. The summed E-state index contributed by atoms with van der Waals surface area (Å²) in [5.74, 6) is -0.683. The predicted octanol–water partition coefficient (Wildman–Crippen LogP) is 4.07. The van der Waals surface area contributed by atoms with Crippen LogP contribution in [0.2, 0.25) is 5.02 Å². The monoisotopic (exact) mass is 359 g/mol. The first-order valence-corrected chi connectivity index (χ1v) is 7.10. The zero-order valence-electron chi connectivity index (χ0n) is 9.45. The minimum atomic E-state index is -0.487. The van der Waals surface area contributed by atoms with Gasteiger partial charge >= 0.3 is 0 Å². The molecule has 0 aliphatic carbocycles. The van der Waals surface area contributed by atoms with Gasteiger partial charge in [-0.2, -0.15) is 0 Å². The van der Waals surface area contributed by atoms with E-state index in [1.165, 1.54) is 0 Å². The summed E-state index contributed by atoms with van der Waals surface area (Å²) in [4.78, 5) is 4.44. The fourth-order valence-electron chi connectivity index (χ4n) is 1.37. The summed E-state index contributed by atoms with van der Waals surface area (Å²) in [6, 6.07) is 6.52. The van der Waals surface area contributed by atoms with Crippen molar-refractivity contribution in [1.29, 1.82) is 5.41 Å². The number of hydrogen-bond acceptors (Lipinski definition) is 3. The van der Waals surface area contributed by atoms with Crippen molar-refractivity contribution in [3.63, 3.8) is 0 Å². The first-order chi connectivity index (χ1) is 9.00. The average Bonchev–Trinajstić information content (AvgIpc) is 2.37. The Morgan fingerprint density at radius 2 is 2.16 bits per heavy atom. The van der Waals surface area contributed by atoms with Crippen molar-refractivity contribution < 1.29 is 4.39 Å². The van der Waals surface area contributed by atoms with Gasteiger partial charge in [0.25, 0.3) is 0 Å². The van der Waals surface area contributed by atoms with Crippen LogP contribution in [-0.4, -0.2) is 10.8 Å². The fourth-order valence-corrected chi connectivity index (χ4v) is 3.11. The highest BCUT2D eigenvalue weighted by atomic mass is 79.9.